The van der Waals surface area contributed by atoms with E-state index in [0.29, 0.717) is 12.5 Å². The zero-order valence-electron chi connectivity index (χ0n) is 10.6. The van der Waals surface area contributed by atoms with E-state index in [1.807, 2.05) is 25.1 Å². The summed E-state index contributed by atoms with van der Waals surface area (Å²) < 4.78 is 0. The summed E-state index contributed by atoms with van der Waals surface area (Å²) in [7, 11) is 0. The topological polar surface area (TPSA) is 51.8 Å². The maximum Gasteiger partial charge on any atom is 0.132 e. The third-order valence-corrected chi connectivity index (χ3v) is 3.33. The fourth-order valence-electron chi connectivity index (χ4n) is 2.20. The van der Waals surface area contributed by atoms with E-state index in [9.17, 15) is 0 Å². The zero-order chi connectivity index (χ0) is 12.5. The first-order valence-corrected chi connectivity index (χ1v) is 6.42. The van der Waals surface area contributed by atoms with Gasteiger partial charge in [-0.05, 0) is 31.4 Å². The van der Waals surface area contributed by atoms with Crippen molar-refractivity contribution < 1.29 is 0 Å². The van der Waals surface area contributed by atoms with Crippen LogP contribution in [0.15, 0.2) is 30.3 Å². The Balaban J connectivity index is 2.10. The van der Waals surface area contributed by atoms with Crippen LogP contribution in [0.3, 0.4) is 0 Å². The van der Waals surface area contributed by atoms with Crippen molar-refractivity contribution in [3.05, 3.63) is 47.4 Å². The molecule has 1 aromatic carbocycles. The molecule has 2 N–H and O–H groups in total. The maximum absolute atomic E-state index is 5.79. The molecule has 92 valence electrons. The molecule has 1 heterocycles. The third-order valence-electron chi connectivity index (χ3n) is 3.33. The lowest BCUT2D eigenvalue weighted by Crippen LogP contribution is -2.02. The normalized spacial score (nSPS) is 14.8. The van der Waals surface area contributed by atoms with Crippen molar-refractivity contribution in [3.8, 4) is 11.3 Å². The number of rotatable bonds is 3. The molecule has 0 amide bonds. The van der Waals surface area contributed by atoms with E-state index in [0.717, 1.165) is 28.3 Å². The SMILES string of the molecule is Cc1cc(-c2ccccc2CN)nc(C2CC2)n1. The quantitative estimate of drug-likeness (QED) is 0.896. The van der Waals surface area contributed by atoms with Crippen LogP contribution in [0.2, 0.25) is 0 Å². The molecule has 0 radical (unpaired) electrons. The molecule has 1 saturated carbocycles. The molecule has 3 nitrogen and oxygen atoms in total. The Hall–Kier alpha value is -1.74. The van der Waals surface area contributed by atoms with Gasteiger partial charge in [0.25, 0.3) is 0 Å². The number of aryl methyl sites for hydroxylation is 1. The molecule has 18 heavy (non-hydrogen) atoms. The minimum atomic E-state index is 0.540. The van der Waals surface area contributed by atoms with Crippen molar-refractivity contribution in [1.29, 1.82) is 0 Å². The van der Waals surface area contributed by atoms with Crippen molar-refractivity contribution in [1.82, 2.24) is 9.97 Å². The molecular weight excluding hydrogens is 222 g/mol. The van der Waals surface area contributed by atoms with Gasteiger partial charge >= 0.3 is 0 Å². The Labute approximate surface area is 107 Å². The van der Waals surface area contributed by atoms with Crippen LogP contribution >= 0.6 is 0 Å². The molecule has 0 saturated heterocycles. The van der Waals surface area contributed by atoms with E-state index < -0.39 is 0 Å². The van der Waals surface area contributed by atoms with Gasteiger partial charge in [-0.2, -0.15) is 0 Å². The standard InChI is InChI=1S/C15H17N3/c1-10-8-14(18-15(17-10)11-6-7-11)13-5-3-2-4-12(13)9-16/h2-5,8,11H,6-7,9,16H2,1H3. The molecule has 0 unspecified atom stereocenters. The first-order valence-electron chi connectivity index (χ1n) is 6.42. The Kier molecular flexibility index (Phi) is 2.84. The van der Waals surface area contributed by atoms with Gasteiger partial charge in [0.05, 0.1) is 5.69 Å². The predicted octanol–water partition coefficient (Wildman–Crippen LogP) is 2.79. The molecule has 1 aliphatic rings. The minimum absolute atomic E-state index is 0.540. The Morgan fingerprint density at radius 3 is 2.72 bits per heavy atom. The first kappa shape index (κ1) is 11.4. The maximum atomic E-state index is 5.79. The predicted molar refractivity (Wildman–Crippen MR) is 72.1 cm³/mol. The summed E-state index contributed by atoms with van der Waals surface area (Å²) in [6.45, 7) is 2.57. The monoisotopic (exact) mass is 239 g/mol. The van der Waals surface area contributed by atoms with Crippen LogP contribution in [0.1, 0.15) is 35.8 Å². The van der Waals surface area contributed by atoms with Gasteiger partial charge in [-0.1, -0.05) is 24.3 Å². The summed E-state index contributed by atoms with van der Waals surface area (Å²) in [5, 5.41) is 0. The average Bonchev–Trinajstić information content (AvgIpc) is 3.22. The Morgan fingerprint density at radius 2 is 2.00 bits per heavy atom. The van der Waals surface area contributed by atoms with Crippen molar-refractivity contribution in [2.24, 2.45) is 5.73 Å². The van der Waals surface area contributed by atoms with Crippen LogP contribution in [-0.2, 0) is 6.54 Å². The highest BCUT2D eigenvalue weighted by molar-refractivity contribution is 5.64. The van der Waals surface area contributed by atoms with Crippen LogP contribution in [0.25, 0.3) is 11.3 Å². The van der Waals surface area contributed by atoms with E-state index in [1.54, 1.807) is 0 Å². The molecule has 0 atom stereocenters. The summed E-state index contributed by atoms with van der Waals surface area (Å²) in [5.74, 6) is 1.57. The smallest absolute Gasteiger partial charge is 0.132 e. The van der Waals surface area contributed by atoms with Crippen LogP contribution < -0.4 is 5.73 Å². The Morgan fingerprint density at radius 1 is 1.22 bits per heavy atom. The van der Waals surface area contributed by atoms with Gasteiger partial charge in [-0.25, -0.2) is 9.97 Å². The van der Waals surface area contributed by atoms with E-state index >= 15 is 0 Å². The van der Waals surface area contributed by atoms with Gasteiger partial charge in [0.15, 0.2) is 0 Å². The van der Waals surface area contributed by atoms with Crippen LogP contribution in [-0.4, -0.2) is 9.97 Å². The molecule has 1 aliphatic carbocycles. The van der Waals surface area contributed by atoms with E-state index in [1.165, 1.54) is 12.8 Å². The molecule has 0 bridgehead atoms. The second-order valence-corrected chi connectivity index (χ2v) is 4.89. The van der Waals surface area contributed by atoms with Crippen molar-refractivity contribution in [2.75, 3.05) is 0 Å². The second kappa shape index (κ2) is 4.50. The summed E-state index contributed by atoms with van der Waals surface area (Å²) in [5.41, 5.74) is 10.1. The third kappa shape index (κ3) is 2.14. The van der Waals surface area contributed by atoms with Crippen LogP contribution in [0.4, 0.5) is 0 Å². The minimum Gasteiger partial charge on any atom is -0.326 e. The highest BCUT2D eigenvalue weighted by Gasteiger charge is 2.27. The lowest BCUT2D eigenvalue weighted by Gasteiger charge is -2.09. The molecule has 1 fully saturated rings. The fourth-order valence-corrected chi connectivity index (χ4v) is 2.20. The van der Waals surface area contributed by atoms with Gasteiger partial charge in [-0.15, -0.1) is 0 Å². The summed E-state index contributed by atoms with van der Waals surface area (Å²) in [6.07, 6.45) is 2.45. The van der Waals surface area contributed by atoms with E-state index in [4.69, 9.17) is 10.7 Å². The summed E-state index contributed by atoms with van der Waals surface area (Å²) in [4.78, 5) is 9.24. The first-order chi connectivity index (χ1) is 8.78. The molecule has 3 rings (SSSR count). The number of hydrogen-bond acceptors (Lipinski definition) is 3. The highest BCUT2D eigenvalue weighted by atomic mass is 14.9. The number of hydrogen-bond donors (Lipinski definition) is 1. The lowest BCUT2D eigenvalue weighted by atomic mass is 10.0. The number of nitrogens with zero attached hydrogens (tertiary/aromatic N) is 2. The van der Waals surface area contributed by atoms with Crippen LogP contribution in [0, 0.1) is 6.92 Å². The number of benzene rings is 1. The molecule has 3 heteroatoms. The van der Waals surface area contributed by atoms with Crippen molar-refractivity contribution in [2.45, 2.75) is 32.2 Å². The highest BCUT2D eigenvalue weighted by Crippen LogP contribution is 2.38. The zero-order valence-corrected chi connectivity index (χ0v) is 10.6. The summed E-state index contributed by atoms with van der Waals surface area (Å²) >= 11 is 0. The van der Waals surface area contributed by atoms with E-state index in [-0.39, 0.29) is 0 Å². The van der Waals surface area contributed by atoms with Gasteiger partial charge in [-0.3, -0.25) is 0 Å². The molecular formula is C15H17N3. The summed E-state index contributed by atoms with van der Waals surface area (Å²) in [6, 6.07) is 10.2. The lowest BCUT2D eigenvalue weighted by molar-refractivity contribution is 0.908. The van der Waals surface area contributed by atoms with Gasteiger partial charge in [0, 0.05) is 23.7 Å². The van der Waals surface area contributed by atoms with E-state index in [2.05, 4.69) is 17.1 Å². The molecule has 0 aliphatic heterocycles. The van der Waals surface area contributed by atoms with Gasteiger partial charge in [0.2, 0.25) is 0 Å². The van der Waals surface area contributed by atoms with Crippen molar-refractivity contribution in [3.63, 3.8) is 0 Å². The van der Waals surface area contributed by atoms with Gasteiger partial charge < -0.3 is 5.73 Å². The van der Waals surface area contributed by atoms with Crippen LogP contribution in [0.5, 0.6) is 0 Å². The molecule has 1 aromatic heterocycles. The number of nitrogens with two attached hydrogens (primary N) is 1. The fraction of sp³-hybridized carbons (Fsp3) is 0.333. The Bertz CT molecular complexity index is 574. The second-order valence-electron chi connectivity index (χ2n) is 4.89. The van der Waals surface area contributed by atoms with Crippen molar-refractivity contribution >= 4 is 0 Å². The number of aromatic nitrogens is 2. The molecule has 0 spiro atoms. The largest absolute Gasteiger partial charge is 0.326 e. The van der Waals surface area contributed by atoms with Gasteiger partial charge in [0.1, 0.15) is 5.82 Å². The molecule has 2 aromatic rings. The average molecular weight is 239 g/mol.